The lowest BCUT2D eigenvalue weighted by Crippen LogP contribution is -2.35. The zero-order valence-electron chi connectivity index (χ0n) is 10.7. The fraction of sp³-hybridized carbons (Fsp3) is 0.769. The summed E-state index contributed by atoms with van der Waals surface area (Å²) in [5.41, 5.74) is 1.22. The van der Waals surface area contributed by atoms with Gasteiger partial charge in [-0.1, -0.05) is 0 Å². The summed E-state index contributed by atoms with van der Waals surface area (Å²) in [4.78, 5) is 0. The van der Waals surface area contributed by atoms with Crippen LogP contribution in [0.4, 0.5) is 0 Å². The van der Waals surface area contributed by atoms with E-state index in [0.29, 0.717) is 11.9 Å². The highest BCUT2D eigenvalue weighted by atomic mass is 35.5. The summed E-state index contributed by atoms with van der Waals surface area (Å²) in [6, 6.07) is 2.52. The first-order valence-electron chi connectivity index (χ1n) is 6.33. The fourth-order valence-electron chi connectivity index (χ4n) is 2.35. The van der Waals surface area contributed by atoms with E-state index >= 15 is 0 Å². The Labute approximate surface area is 108 Å². The van der Waals surface area contributed by atoms with Crippen molar-refractivity contribution in [3.63, 3.8) is 0 Å². The van der Waals surface area contributed by atoms with Crippen molar-refractivity contribution in [2.75, 3.05) is 19.1 Å². The van der Waals surface area contributed by atoms with E-state index in [1.807, 2.05) is 10.9 Å². The lowest BCUT2D eigenvalue weighted by atomic mass is 9.80. The summed E-state index contributed by atoms with van der Waals surface area (Å²) in [6.07, 6.45) is 5.23. The van der Waals surface area contributed by atoms with E-state index in [2.05, 4.69) is 25.0 Å². The maximum absolute atomic E-state index is 6.14. The molecular formula is C13H21ClN2O. The SMILES string of the molecule is CC(C)n1ccc(CC2(CCl)CCCOC2)n1. The van der Waals surface area contributed by atoms with Gasteiger partial charge in [-0.05, 0) is 32.8 Å². The van der Waals surface area contributed by atoms with Crippen LogP contribution >= 0.6 is 11.6 Å². The third-order valence-corrected chi connectivity index (χ3v) is 4.00. The second-order valence-electron chi connectivity index (χ2n) is 5.35. The lowest BCUT2D eigenvalue weighted by molar-refractivity contribution is 0.00422. The normalized spacial score (nSPS) is 25.4. The molecule has 0 spiro atoms. The van der Waals surface area contributed by atoms with Gasteiger partial charge in [-0.3, -0.25) is 4.68 Å². The van der Waals surface area contributed by atoms with Crippen LogP contribution in [0.3, 0.4) is 0 Å². The molecule has 1 aliphatic heterocycles. The van der Waals surface area contributed by atoms with Crippen LogP contribution in [0.25, 0.3) is 0 Å². The van der Waals surface area contributed by atoms with Gasteiger partial charge in [0.05, 0.1) is 12.3 Å². The molecule has 1 saturated heterocycles. The van der Waals surface area contributed by atoms with E-state index in [1.54, 1.807) is 0 Å². The predicted molar refractivity (Wildman–Crippen MR) is 69.5 cm³/mol. The number of alkyl halides is 1. The predicted octanol–water partition coefficient (Wildman–Crippen LogP) is 3.04. The monoisotopic (exact) mass is 256 g/mol. The highest BCUT2D eigenvalue weighted by molar-refractivity contribution is 6.18. The van der Waals surface area contributed by atoms with Gasteiger partial charge >= 0.3 is 0 Å². The molecule has 2 rings (SSSR count). The molecule has 0 aromatic carbocycles. The fourth-order valence-corrected chi connectivity index (χ4v) is 2.65. The van der Waals surface area contributed by atoms with E-state index < -0.39 is 0 Å². The van der Waals surface area contributed by atoms with Crippen molar-refractivity contribution in [1.82, 2.24) is 9.78 Å². The molecule has 3 nitrogen and oxygen atoms in total. The summed E-state index contributed by atoms with van der Waals surface area (Å²) in [5.74, 6) is 0.654. The molecule has 1 atom stereocenters. The van der Waals surface area contributed by atoms with Crippen molar-refractivity contribution in [2.45, 2.75) is 39.2 Å². The molecule has 0 saturated carbocycles. The molecule has 1 aliphatic rings. The number of rotatable bonds is 4. The smallest absolute Gasteiger partial charge is 0.0631 e. The maximum Gasteiger partial charge on any atom is 0.0631 e. The summed E-state index contributed by atoms with van der Waals surface area (Å²) >= 11 is 6.14. The number of ether oxygens (including phenoxy) is 1. The maximum atomic E-state index is 6.14. The number of aromatic nitrogens is 2. The van der Waals surface area contributed by atoms with Crippen molar-refractivity contribution < 1.29 is 4.74 Å². The number of halogens is 1. The highest BCUT2D eigenvalue weighted by Crippen LogP contribution is 2.33. The van der Waals surface area contributed by atoms with Crippen molar-refractivity contribution in [3.05, 3.63) is 18.0 Å². The molecule has 4 heteroatoms. The van der Waals surface area contributed by atoms with E-state index in [-0.39, 0.29) is 5.41 Å². The van der Waals surface area contributed by atoms with E-state index in [4.69, 9.17) is 16.3 Å². The summed E-state index contributed by atoms with van der Waals surface area (Å²) in [5, 5.41) is 4.60. The summed E-state index contributed by atoms with van der Waals surface area (Å²) in [7, 11) is 0. The molecule has 1 unspecified atom stereocenters. The molecule has 0 bridgehead atoms. The van der Waals surface area contributed by atoms with Crippen LogP contribution in [0.15, 0.2) is 12.3 Å². The van der Waals surface area contributed by atoms with Gasteiger partial charge in [0.1, 0.15) is 0 Å². The third kappa shape index (κ3) is 3.02. The standard InChI is InChI=1S/C13H21ClN2O/c1-11(2)16-6-4-12(15-16)8-13(9-14)5-3-7-17-10-13/h4,6,11H,3,5,7-10H2,1-2H3. The Morgan fingerprint density at radius 3 is 2.94 bits per heavy atom. The zero-order valence-corrected chi connectivity index (χ0v) is 11.4. The van der Waals surface area contributed by atoms with E-state index in [1.165, 1.54) is 0 Å². The Hall–Kier alpha value is -0.540. The molecule has 0 amide bonds. The average Bonchev–Trinajstić information content (AvgIpc) is 2.79. The van der Waals surface area contributed by atoms with Crippen LogP contribution in [0.2, 0.25) is 0 Å². The summed E-state index contributed by atoms with van der Waals surface area (Å²) in [6.45, 7) is 5.92. The Bertz CT molecular complexity index is 356. The molecule has 0 aliphatic carbocycles. The Morgan fingerprint density at radius 2 is 2.41 bits per heavy atom. The van der Waals surface area contributed by atoms with Gasteiger partial charge in [0.2, 0.25) is 0 Å². The van der Waals surface area contributed by atoms with Crippen LogP contribution in [0.1, 0.15) is 38.4 Å². The first-order chi connectivity index (χ1) is 8.15. The van der Waals surface area contributed by atoms with Crippen LogP contribution in [-0.4, -0.2) is 28.9 Å². The molecule has 0 N–H and O–H groups in total. The van der Waals surface area contributed by atoms with E-state index in [9.17, 15) is 0 Å². The van der Waals surface area contributed by atoms with Crippen LogP contribution in [0.5, 0.6) is 0 Å². The first kappa shape index (κ1) is 12.9. The average molecular weight is 257 g/mol. The third-order valence-electron chi connectivity index (χ3n) is 3.44. The Kier molecular flexibility index (Phi) is 4.10. The summed E-state index contributed by atoms with van der Waals surface area (Å²) < 4.78 is 7.58. The van der Waals surface area contributed by atoms with Gasteiger partial charge in [0, 0.05) is 36.6 Å². The van der Waals surface area contributed by atoms with Gasteiger partial charge < -0.3 is 4.74 Å². The molecule has 96 valence electrons. The topological polar surface area (TPSA) is 27.1 Å². The van der Waals surface area contributed by atoms with E-state index in [0.717, 1.165) is 38.2 Å². The van der Waals surface area contributed by atoms with Crippen molar-refractivity contribution in [2.24, 2.45) is 5.41 Å². The molecule has 17 heavy (non-hydrogen) atoms. The van der Waals surface area contributed by atoms with Crippen LogP contribution in [0, 0.1) is 5.41 Å². The van der Waals surface area contributed by atoms with Crippen molar-refractivity contribution in [1.29, 1.82) is 0 Å². The molecule has 1 fully saturated rings. The minimum absolute atomic E-state index is 0.0932. The van der Waals surface area contributed by atoms with Gasteiger partial charge in [0.15, 0.2) is 0 Å². The Balaban J connectivity index is 2.06. The van der Waals surface area contributed by atoms with Crippen molar-refractivity contribution in [3.8, 4) is 0 Å². The second kappa shape index (κ2) is 5.40. The lowest BCUT2D eigenvalue weighted by Gasteiger charge is -2.34. The van der Waals surface area contributed by atoms with Gasteiger partial charge in [-0.15, -0.1) is 11.6 Å². The quantitative estimate of drug-likeness (QED) is 0.775. The highest BCUT2D eigenvalue weighted by Gasteiger charge is 2.33. The minimum Gasteiger partial charge on any atom is -0.381 e. The van der Waals surface area contributed by atoms with Gasteiger partial charge in [-0.2, -0.15) is 5.10 Å². The van der Waals surface area contributed by atoms with Gasteiger partial charge in [-0.25, -0.2) is 0 Å². The zero-order chi connectivity index (χ0) is 12.3. The largest absolute Gasteiger partial charge is 0.381 e. The van der Waals surface area contributed by atoms with Crippen LogP contribution in [-0.2, 0) is 11.2 Å². The molecule has 1 aromatic rings. The molecular weight excluding hydrogens is 236 g/mol. The van der Waals surface area contributed by atoms with Crippen LogP contribution < -0.4 is 0 Å². The molecule has 2 heterocycles. The van der Waals surface area contributed by atoms with Crippen molar-refractivity contribution >= 4 is 11.6 Å². The Morgan fingerprint density at radius 1 is 1.59 bits per heavy atom. The minimum atomic E-state index is 0.0932. The number of hydrogen-bond acceptors (Lipinski definition) is 2. The number of nitrogens with zero attached hydrogens (tertiary/aromatic N) is 2. The molecule has 0 radical (unpaired) electrons. The van der Waals surface area contributed by atoms with Gasteiger partial charge in [0.25, 0.3) is 0 Å². The second-order valence-corrected chi connectivity index (χ2v) is 5.61. The number of hydrogen-bond donors (Lipinski definition) is 0. The molecule has 1 aromatic heterocycles. The first-order valence-corrected chi connectivity index (χ1v) is 6.86.